The summed E-state index contributed by atoms with van der Waals surface area (Å²) in [6, 6.07) is 7.59. The van der Waals surface area contributed by atoms with Crippen LogP contribution in [0.15, 0.2) is 28.7 Å². The lowest BCUT2D eigenvalue weighted by atomic mass is 10.2. The number of nitrogens with one attached hydrogen (secondary N) is 1. The van der Waals surface area contributed by atoms with Gasteiger partial charge < -0.3 is 9.73 Å². The van der Waals surface area contributed by atoms with E-state index in [9.17, 15) is 0 Å². The van der Waals surface area contributed by atoms with Crippen molar-refractivity contribution in [1.29, 1.82) is 0 Å². The van der Waals surface area contributed by atoms with E-state index in [1.165, 1.54) is 11.3 Å². The Balaban J connectivity index is 2.05. The molecule has 0 spiro atoms. The first-order valence-electron chi connectivity index (χ1n) is 5.53. The van der Waals surface area contributed by atoms with Crippen LogP contribution in [-0.4, -0.2) is 16.7 Å². The number of rotatable bonds is 3. The van der Waals surface area contributed by atoms with Crippen LogP contribution >= 0.6 is 22.9 Å². The van der Waals surface area contributed by atoms with Crippen LogP contribution in [0, 0.1) is 0 Å². The van der Waals surface area contributed by atoms with Gasteiger partial charge in [0.25, 0.3) is 0 Å². The first kappa shape index (κ1) is 11.5. The average Bonchev–Trinajstić information content (AvgIpc) is 2.96. The van der Waals surface area contributed by atoms with Crippen LogP contribution < -0.4 is 5.32 Å². The number of aromatic nitrogens is 2. The van der Waals surface area contributed by atoms with Gasteiger partial charge in [0.05, 0.1) is 5.02 Å². The lowest BCUT2D eigenvalue weighted by Gasteiger charge is -1.91. The molecule has 2 aromatic heterocycles. The van der Waals surface area contributed by atoms with Crippen LogP contribution in [0.2, 0.25) is 5.02 Å². The minimum absolute atomic E-state index is 0.607. The second kappa shape index (κ2) is 4.59. The standard InChI is InChI=1S/C12H10ClN3OS/c1-2-14-12-16-15-11(18-12)9-6-7-4-3-5-8(13)10(7)17-9/h3-6H,2H2,1H3,(H,14,16). The summed E-state index contributed by atoms with van der Waals surface area (Å²) in [6.45, 7) is 2.84. The van der Waals surface area contributed by atoms with E-state index in [-0.39, 0.29) is 0 Å². The molecule has 6 heteroatoms. The number of halogens is 1. The predicted octanol–water partition coefficient (Wildman–Crippen LogP) is 4.04. The summed E-state index contributed by atoms with van der Waals surface area (Å²) >= 11 is 7.54. The molecule has 0 aliphatic rings. The normalized spacial score (nSPS) is 11.0. The molecule has 0 aliphatic heterocycles. The van der Waals surface area contributed by atoms with Crippen molar-refractivity contribution in [3.8, 4) is 10.8 Å². The maximum atomic E-state index is 6.07. The quantitative estimate of drug-likeness (QED) is 0.786. The fourth-order valence-corrected chi connectivity index (χ4v) is 2.66. The number of benzene rings is 1. The summed E-state index contributed by atoms with van der Waals surface area (Å²) in [4.78, 5) is 0. The molecule has 3 aromatic rings. The molecule has 0 aliphatic carbocycles. The van der Waals surface area contributed by atoms with Gasteiger partial charge in [-0.05, 0) is 19.1 Å². The van der Waals surface area contributed by atoms with Crippen LogP contribution in [0.4, 0.5) is 5.13 Å². The van der Waals surface area contributed by atoms with Gasteiger partial charge in [-0.1, -0.05) is 35.1 Å². The highest BCUT2D eigenvalue weighted by molar-refractivity contribution is 7.18. The van der Waals surface area contributed by atoms with Gasteiger partial charge in [0.15, 0.2) is 16.4 Å². The number of nitrogens with zero attached hydrogens (tertiary/aromatic N) is 2. The Labute approximate surface area is 113 Å². The third-order valence-corrected chi connectivity index (χ3v) is 3.65. The van der Waals surface area contributed by atoms with Crippen LogP contribution in [0.1, 0.15) is 6.92 Å². The first-order chi connectivity index (χ1) is 8.78. The molecular formula is C12H10ClN3OS. The Hall–Kier alpha value is -1.59. The third kappa shape index (κ3) is 1.95. The second-order valence-corrected chi connectivity index (χ2v) is 5.10. The summed E-state index contributed by atoms with van der Waals surface area (Å²) in [5.74, 6) is 0.694. The van der Waals surface area contributed by atoms with Crippen molar-refractivity contribution in [3.05, 3.63) is 29.3 Å². The van der Waals surface area contributed by atoms with Crippen LogP contribution in [0.25, 0.3) is 21.7 Å². The molecule has 18 heavy (non-hydrogen) atoms. The molecule has 0 unspecified atom stereocenters. The predicted molar refractivity (Wildman–Crippen MR) is 74.3 cm³/mol. The highest BCUT2D eigenvalue weighted by Gasteiger charge is 2.12. The molecule has 0 amide bonds. The van der Waals surface area contributed by atoms with Crippen molar-refractivity contribution >= 4 is 39.0 Å². The van der Waals surface area contributed by atoms with Gasteiger partial charge in [-0.2, -0.15) is 0 Å². The molecule has 92 valence electrons. The maximum Gasteiger partial charge on any atom is 0.206 e. The molecule has 4 nitrogen and oxygen atoms in total. The summed E-state index contributed by atoms with van der Waals surface area (Å²) in [5, 5.41) is 14.4. The molecule has 1 aromatic carbocycles. The SMILES string of the molecule is CCNc1nnc(-c2cc3cccc(Cl)c3o2)s1. The van der Waals surface area contributed by atoms with E-state index in [0.717, 1.165) is 22.1 Å². The minimum atomic E-state index is 0.607. The largest absolute Gasteiger partial charge is 0.452 e. The van der Waals surface area contributed by atoms with Gasteiger partial charge in [0, 0.05) is 11.9 Å². The molecule has 2 heterocycles. The zero-order valence-corrected chi connectivity index (χ0v) is 11.2. The summed E-state index contributed by atoms with van der Waals surface area (Å²) in [5.41, 5.74) is 0.689. The van der Waals surface area contributed by atoms with Crippen molar-refractivity contribution in [2.24, 2.45) is 0 Å². The van der Waals surface area contributed by atoms with E-state index >= 15 is 0 Å². The number of hydrogen-bond donors (Lipinski definition) is 1. The Morgan fingerprint density at radius 2 is 2.28 bits per heavy atom. The number of hydrogen-bond acceptors (Lipinski definition) is 5. The zero-order chi connectivity index (χ0) is 12.5. The molecule has 1 N–H and O–H groups in total. The minimum Gasteiger partial charge on any atom is -0.452 e. The van der Waals surface area contributed by atoms with Gasteiger partial charge >= 0.3 is 0 Å². The van der Waals surface area contributed by atoms with E-state index in [4.69, 9.17) is 16.0 Å². The molecular weight excluding hydrogens is 270 g/mol. The van der Waals surface area contributed by atoms with E-state index in [2.05, 4.69) is 15.5 Å². The van der Waals surface area contributed by atoms with E-state index in [0.29, 0.717) is 16.4 Å². The highest BCUT2D eigenvalue weighted by Crippen LogP contribution is 2.34. The number of para-hydroxylation sites is 1. The lowest BCUT2D eigenvalue weighted by Crippen LogP contribution is -1.94. The van der Waals surface area contributed by atoms with Gasteiger partial charge in [0.2, 0.25) is 5.13 Å². The van der Waals surface area contributed by atoms with Crippen LogP contribution in [-0.2, 0) is 0 Å². The van der Waals surface area contributed by atoms with E-state index < -0.39 is 0 Å². The van der Waals surface area contributed by atoms with Crippen molar-refractivity contribution in [1.82, 2.24) is 10.2 Å². The van der Waals surface area contributed by atoms with Crippen LogP contribution in [0.5, 0.6) is 0 Å². The average molecular weight is 280 g/mol. The Morgan fingerprint density at radius 1 is 1.39 bits per heavy atom. The van der Waals surface area contributed by atoms with Gasteiger partial charge in [-0.25, -0.2) is 0 Å². The van der Waals surface area contributed by atoms with Gasteiger partial charge in [0.1, 0.15) is 0 Å². The van der Waals surface area contributed by atoms with E-state index in [1.807, 2.05) is 25.1 Å². The van der Waals surface area contributed by atoms with Crippen molar-refractivity contribution in [2.45, 2.75) is 6.92 Å². The monoisotopic (exact) mass is 279 g/mol. The Bertz CT molecular complexity index is 692. The van der Waals surface area contributed by atoms with Crippen molar-refractivity contribution in [3.63, 3.8) is 0 Å². The smallest absolute Gasteiger partial charge is 0.206 e. The van der Waals surface area contributed by atoms with Crippen LogP contribution in [0.3, 0.4) is 0 Å². The number of anilines is 1. The fraction of sp³-hybridized carbons (Fsp3) is 0.167. The molecule has 0 atom stereocenters. The molecule has 0 saturated heterocycles. The lowest BCUT2D eigenvalue weighted by molar-refractivity contribution is 0.630. The highest BCUT2D eigenvalue weighted by atomic mass is 35.5. The maximum absolute atomic E-state index is 6.07. The zero-order valence-electron chi connectivity index (χ0n) is 9.61. The fourth-order valence-electron chi connectivity index (χ4n) is 1.68. The van der Waals surface area contributed by atoms with Crippen molar-refractivity contribution in [2.75, 3.05) is 11.9 Å². The topological polar surface area (TPSA) is 51.0 Å². The molecule has 0 radical (unpaired) electrons. The Kier molecular flexibility index (Phi) is 2.93. The Morgan fingerprint density at radius 3 is 3.06 bits per heavy atom. The molecule has 0 fully saturated rings. The van der Waals surface area contributed by atoms with Gasteiger partial charge in [-0.15, -0.1) is 10.2 Å². The molecule has 3 rings (SSSR count). The summed E-state index contributed by atoms with van der Waals surface area (Å²) in [6.07, 6.45) is 0. The molecule has 0 saturated carbocycles. The second-order valence-electron chi connectivity index (χ2n) is 3.71. The first-order valence-corrected chi connectivity index (χ1v) is 6.73. The number of furan rings is 1. The summed E-state index contributed by atoms with van der Waals surface area (Å²) in [7, 11) is 0. The van der Waals surface area contributed by atoms with E-state index in [1.54, 1.807) is 6.07 Å². The van der Waals surface area contributed by atoms with Crippen molar-refractivity contribution < 1.29 is 4.42 Å². The summed E-state index contributed by atoms with van der Waals surface area (Å²) < 4.78 is 5.72. The van der Waals surface area contributed by atoms with Gasteiger partial charge in [-0.3, -0.25) is 0 Å². The number of fused-ring (bicyclic) bond motifs is 1. The third-order valence-electron chi connectivity index (χ3n) is 2.46. The molecule has 0 bridgehead atoms.